The van der Waals surface area contributed by atoms with Gasteiger partial charge in [-0.05, 0) is 29.3 Å². The molecule has 1 unspecified atom stereocenters. The molecule has 1 aromatic heterocycles. The summed E-state index contributed by atoms with van der Waals surface area (Å²) >= 11 is 0. The number of hydrogen-bond acceptors (Lipinski definition) is 5. The van der Waals surface area contributed by atoms with Crippen LogP contribution in [0.15, 0.2) is 29.4 Å². The van der Waals surface area contributed by atoms with Gasteiger partial charge in [0.1, 0.15) is 5.03 Å². The Morgan fingerprint density at radius 1 is 1.27 bits per heavy atom. The van der Waals surface area contributed by atoms with E-state index in [2.05, 4.69) is 17.2 Å². The molecule has 0 aromatic carbocycles. The predicted octanol–water partition coefficient (Wildman–Crippen LogP) is 3.63. The fourth-order valence-electron chi connectivity index (χ4n) is 1.89. The molecule has 4 nitrogen and oxygen atoms in total. The van der Waals surface area contributed by atoms with Crippen LogP contribution >= 0.6 is 21.6 Å². The van der Waals surface area contributed by atoms with Crippen LogP contribution in [0.1, 0.15) is 45.4 Å². The minimum absolute atomic E-state index is 0.0531. The van der Waals surface area contributed by atoms with Crippen LogP contribution in [0.5, 0.6) is 0 Å². The molecular formula is C16H27N3OS2. The highest BCUT2D eigenvalue weighted by Crippen LogP contribution is 2.29. The van der Waals surface area contributed by atoms with Crippen molar-refractivity contribution in [2.45, 2.75) is 56.5 Å². The first-order valence-corrected chi connectivity index (χ1v) is 10.3. The highest BCUT2D eigenvalue weighted by molar-refractivity contribution is 8.76. The lowest BCUT2D eigenvalue weighted by molar-refractivity contribution is -0.121. The van der Waals surface area contributed by atoms with E-state index < -0.39 is 6.04 Å². The van der Waals surface area contributed by atoms with Crippen molar-refractivity contribution in [1.29, 1.82) is 0 Å². The molecule has 1 aromatic rings. The van der Waals surface area contributed by atoms with E-state index in [-0.39, 0.29) is 5.91 Å². The van der Waals surface area contributed by atoms with E-state index in [9.17, 15) is 4.79 Å². The maximum atomic E-state index is 11.8. The molecule has 0 bridgehead atoms. The summed E-state index contributed by atoms with van der Waals surface area (Å²) in [5.41, 5.74) is 5.90. The summed E-state index contributed by atoms with van der Waals surface area (Å²) in [4.78, 5) is 16.1. The summed E-state index contributed by atoms with van der Waals surface area (Å²) < 4.78 is 0. The van der Waals surface area contributed by atoms with E-state index in [4.69, 9.17) is 5.73 Å². The van der Waals surface area contributed by atoms with Crippen molar-refractivity contribution in [3.63, 3.8) is 0 Å². The number of hydrogen-bond donors (Lipinski definition) is 2. The molecule has 6 heteroatoms. The van der Waals surface area contributed by atoms with Crippen molar-refractivity contribution >= 4 is 27.5 Å². The summed E-state index contributed by atoms with van der Waals surface area (Å²) in [6, 6.07) is 5.32. The fraction of sp³-hybridized carbons (Fsp3) is 0.625. The van der Waals surface area contributed by atoms with Crippen LogP contribution in [-0.2, 0) is 4.79 Å². The molecule has 1 atom stereocenters. The molecule has 1 heterocycles. The number of unbranched alkanes of at least 4 members (excludes halogenated alkanes) is 5. The monoisotopic (exact) mass is 341 g/mol. The minimum Gasteiger partial charge on any atom is -0.355 e. The number of carbonyl (C=O) groups excluding carboxylic acids is 1. The van der Waals surface area contributed by atoms with E-state index in [1.165, 1.54) is 32.1 Å². The lowest BCUT2D eigenvalue weighted by Crippen LogP contribution is -2.42. The molecule has 0 aliphatic heterocycles. The smallest absolute Gasteiger partial charge is 0.237 e. The summed E-state index contributed by atoms with van der Waals surface area (Å²) in [6.45, 7) is 2.95. The zero-order valence-corrected chi connectivity index (χ0v) is 14.9. The average molecular weight is 342 g/mol. The third-order valence-electron chi connectivity index (χ3n) is 3.20. The zero-order chi connectivity index (χ0) is 16.0. The number of nitrogens with two attached hydrogens (primary N) is 1. The largest absolute Gasteiger partial charge is 0.355 e. The lowest BCUT2D eigenvalue weighted by Gasteiger charge is -2.11. The van der Waals surface area contributed by atoms with Gasteiger partial charge in [-0.2, -0.15) is 0 Å². The third kappa shape index (κ3) is 9.33. The van der Waals surface area contributed by atoms with Crippen molar-refractivity contribution in [2.24, 2.45) is 5.73 Å². The first-order chi connectivity index (χ1) is 10.7. The quantitative estimate of drug-likeness (QED) is 0.449. The van der Waals surface area contributed by atoms with Gasteiger partial charge in [0.15, 0.2) is 0 Å². The summed E-state index contributed by atoms with van der Waals surface area (Å²) in [5, 5.41) is 3.86. The Morgan fingerprint density at radius 2 is 2.05 bits per heavy atom. The van der Waals surface area contributed by atoms with Gasteiger partial charge in [-0.25, -0.2) is 4.98 Å². The molecule has 3 N–H and O–H groups in total. The van der Waals surface area contributed by atoms with Crippen LogP contribution in [0.4, 0.5) is 0 Å². The van der Waals surface area contributed by atoms with Crippen molar-refractivity contribution in [1.82, 2.24) is 10.3 Å². The minimum atomic E-state index is -0.457. The number of carbonyl (C=O) groups is 1. The van der Waals surface area contributed by atoms with E-state index in [0.717, 1.165) is 18.0 Å². The van der Waals surface area contributed by atoms with Gasteiger partial charge in [-0.3, -0.25) is 4.79 Å². The number of nitrogens with one attached hydrogen (secondary N) is 1. The van der Waals surface area contributed by atoms with E-state index in [1.54, 1.807) is 27.8 Å². The lowest BCUT2D eigenvalue weighted by atomic mass is 10.1. The molecule has 0 saturated carbocycles. The molecule has 1 rings (SSSR count). The zero-order valence-electron chi connectivity index (χ0n) is 13.3. The van der Waals surface area contributed by atoms with Gasteiger partial charge >= 0.3 is 0 Å². The first kappa shape index (κ1) is 19.3. The number of pyridine rings is 1. The first-order valence-electron chi connectivity index (χ1n) is 7.97. The maximum absolute atomic E-state index is 11.8. The topological polar surface area (TPSA) is 68.0 Å². The standard InChI is InChI=1S/C16H27N3OS2/c1-2-3-4-5-6-8-12-19-16(20)14(17)13-21-22-15-10-7-9-11-18-15/h7,9-11,14H,2-6,8,12-13,17H2,1H3,(H,19,20). The van der Waals surface area contributed by atoms with Crippen LogP contribution in [-0.4, -0.2) is 29.2 Å². The van der Waals surface area contributed by atoms with Gasteiger partial charge < -0.3 is 11.1 Å². The molecule has 124 valence electrons. The van der Waals surface area contributed by atoms with Gasteiger partial charge in [0.05, 0.1) is 6.04 Å². The molecule has 0 radical (unpaired) electrons. The van der Waals surface area contributed by atoms with Crippen LogP contribution in [0.2, 0.25) is 0 Å². The van der Waals surface area contributed by atoms with Gasteiger partial charge in [0, 0.05) is 18.5 Å². The average Bonchev–Trinajstić information content (AvgIpc) is 2.54. The maximum Gasteiger partial charge on any atom is 0.237 e. The van der Waals surface area contributed by atoms with Crippen LogP contribution < -0.4 is 11.1 Å². The Kier molecular flexibility index (Phi) is 11.2. The van der Waals surface area contributed by atoms with Crippen LogP contribution in [0.3, 0.4) is 0 Å². The number of rotatable bonds is 12. The molecule has 0 spiro atoms. The number of aromatic nitrogens is 1. The van der Waals surface area contributed by atoms with Gasteiger partial charge in [-0.15, -0.1) is 0 Å². The molecule has 0 aliphatic rings. The highest BCUT2D eigenvalue weighted by Gasteiger charge is 2.13. The second-order valence-electron chi connectivity index (χ2n) is 5.20. The van der Waals surface area contributed by atoms with E-state index in [1.807, 2.05) is 18.2 Å². The van der Waals surface area contributed by atoms with Gasteiger partial charge in [0.25, 0.3) is 0 Å². The summed E-state index contributed by atoms with van der Waals surface area (Å²) in [7, 11) is 3.12. The third-order valence-corrected chi connectivity index (χ3v) is 5.50. The molecule has 0 fully saturated rings. The van der Waals surface area contributed by atoms with Crippen molar-refractivity contribution < 1.29 is 4.79 Å². The second kappa shape index (κ2) is 12.8. The van der Waals surface area contributed by atoms with E-state index >= 15 is 0 Å². The molecule has 0 aliphatic carbocycles. The Hall–Kier alpha value is -0.720. The molecule has 22 heavy (non-hydrogen) atoms. The Balaban J connectivity index is 2.02. The van der Waals surface area contributed by atoms with Gasteiger partial charge in [0.2, 0.25) is 5.91 Å². The van der Waals surface area contributed by atoms with Crippen molar-refractivity contribution in [3.8, 4) is 0 Å². The summed E-state index contributed by atoms with van der Waals surface area (Å²) in [5.74, 6) is 0.534. The molecule has 1 amide bonds. The Labute approximate surface area is 141 Å². The number of amides is 1. The highest BCUT2D eigenvalue weighted by atomic mass is 33.1. The second-order valence-corrected chi connectivity index (χ2v) is 7.56. The SMILES string of the molecule is CCCCCCCCNC(=O)C(N)CSSc1ccccn1. The molecular weight excluding hydrogens is 314 g/mol. The Bertz CT molecular complexity index is 404. The molecule has 0 saturated heterocycles. The predicted molar refractivity (Wildman–Crippen MR) is 96.9 cm³/mol. The van der Waals surface area contributed by atoms with E-state index in [0.29, 0.717) is 5.75 Å². The van der Waals surface area contributed by atoms with Crippen LogP contribution in [0, 0.1) is 0 Å². The summed E-state index contributed by atoms with van der Waals surface area (Å²) in [6.07, 6.45) is 9.10. The fourth-order valence-corrected chi connectivity index (χ4v) is 3.91. The van der Waals surface area contributed by atoms with Crippen molar-refractivity contribution in [3.05, 3.63) is 24.4 Å². The Morgan fingerprint density at radius 3 is 2.77 bits per heavy atom. The number of nitrogens with zero attached hydrogens (tertiary/aromatic N) is 1. The van der Waals surface area contributed by atoms with Crippen LogP contribution in [0.25, 0.3) is 0 Å². The van der Waals surface area contributed by atoms with Gasteiger partial charge in [-0.1, -0.05) is 55.9 Å². The van der Waals surface area contributed by atoms with Crippen molar-refractivity contribution in [2.75, 3.05) is 12.3 Å². The normalized spacial score (nSPS) is 12.1.